The Balaban J connectivity index is 2.68. The Kier molecular flexibility index (Phi) is 2.12. The highest BCUT2D eigenvalue weighted by atomic mass is 19.4. The molecule has 1 heterocycles. The van der Waals surface area contributed by atoms with Crippen molar-refractivity contribution in [3.05, 3.63) is 12.3 Å². The topological polar surface area (TPSA) is 26.3 Å². The second kappa shape index (κ2) is 2.80. The molecule has 68 valence electrons. The molecule has 0 spiro atoms. The maximum atomic E-state index is 12.0. The highest BCUT2D eigenvalue weighted by Gasteiger charge is 2.43. The normalized spacial score (nSPS) is 25.4. The number of halogens is 3. The lowest BCUT2D eigenvalue weighted by molar-refractivity contribution is -0.191. The summed E-state index contributed by atoms with van der Waals surface area (Å²) in [5, 5.41) is 0. The van der Waals surface area contributed by atoms with Crippen molar-refractivity contribution in [2.75, 3.05) is 0 Å². The van der Waals surface area contributed by atoms with Gasteiger partial charge in [-0.2, -0.15) is 13.2 Å². The van der Waals surface area contributed by atoms with Gasteiger partial charge in [0.2, 0.25) is 0 Å². The van der Waals surface area contributed by atoms with Gasteiger partial charge in [0.05, 0.1) is 12.3 Å². The highest BCUT2D eigenvalue weighted by Crippen LogP contribution is 2.36. The molecule has 0 bridgehead atoms. The first-order valence-corrected chi connectivity index (χ1v) is 3.35. The Hall–Kier alpha value is -1.00. The van der Waals surface area contributed by atoms with Crippen LogP contribution in [0.25, 0.3) is 0 Å². The molecule has 0 amide bonds. The number of carbonyl (C=O) groups is 1. The van der Waals surface area contributed by atoms with E-state index in [4.69, 9.17) is 0 Å². The van der Waals surface area contributed by atoms with Gasteiger partial charge < -0.3 is 4.74 Å². The molecule has 0 aromatic heterocycles. The van der Waals surface area contributed by atoms with Gasteiger partial charge in [-0.3, -0.25) is 4.79 Å². The van der Waals surface area contributed by atoms with E-state index in [-0.39, 0.29) is 12.2 Å². The molecule has 12 heavy (non-hydrogen) atoms. The molecule has 2 nitrogen and oxygen atoms in total. The molecule has 0 N–H and O–H groups in total. The van der Waals surface area contributed by atoms with Crippen molar-refractivity contribution in [1.29, 1.82) is 0 Å². The molecule has 0 saturated carbocycles. The minimum absolute atomic E-state index is 0.103. The van der Waals surface area contributed by atoms with Crippen LogP contribution in [-0.2, 0) is 9.53 Å². The van der Waals surface area contributed by atoms with Crippen molar-refractivity contribution < 1.29 is 22.7 Å². The van der Waals surface area contributed by atoms with E-state index >= 15 is 0 Å². The van der Waals surface area contributed by atoms with E-state index in [0.29, 0.717) is 0 Å². The van der Waals surface area contributed by atoms with Crippen molar-refractivity contribution >= 4 is 5.97 Å². The molecule has 5 heteroatoms. The van der Waals surface area contributed by atoms with Gasteiger partial charge in [0.25, 0.3) is 0 Å². The van der Waals surface area contributed by atoms with Crippen molar-refractivity contribution in [1.82, 2.24) is 0 Å². The SMILES string of the molecule is C=C1CC(C(F)(F)F)CC(=O)O1. The van der Waals surface area contributed by atoms with Crippen LogP contribution in [0.3, 0.4) is 0 Å². The first kappa shape index (κ1) is 9.09. The van der Waals surface area contributed by atoms with E-state index in [0.717, 1.165) is 0 Å². The van der Waals surface area contributed by atoms with E-state index in [1.807, 2.05) is 0 Å². The fourth-order valence-electron chi connectivity index (χ4n) is 1.02. The summed E-state index contributed by atoms with van der Waals surface area (Å²) in [6, 6.07) is 0. The van der Waals surface area contributed by atoms with Gasteiger partial charge in [-0.1, -0.05) is 6.58 Å². The Morgan fingerprint density at radius 3 is 2.42 bits per heavy atom. The molecule has 0 aromatic carbocycles. The maximum absolute atomic E-state index is 12.0. The van der Waals surface area contributed by atoms with Gasteiger partial charge in [-0.15, -0.1) is 0 Å². The van der Waals surface area contributed by atoms with E-state index < -0.39 is 24.5 Å². The van der Waals surface area contributed by atoms with Crippen molar-refractivity contribution in [2.45, 2.75) is 19.0 Å². The first-order valence-electron chi connectivity index (χ1n) is 3.35. The number of carbonyl (C=O) groups excluding carboxylic acids is 1. The zero-order valence-electron chi connectivity index (χ0n) is 6.15. The van der Waals surface area contributed by atoms with E-state index in [2.05, 4.69) is 11.3 Å². The summed E-state index contributed by atoms with van der Waals surface area (Å²) in [5.74, 6) is -2.58. The van der Waals surface area contributed by atoms with Crippen molar-refractivity contribution in [3.8, 4) is 0 Å². The second-order valence-corrected chi connectivity index (χ2v) is 2.66. The van der Waals surface area contributed by atoms with Crippen LogP contribution in [0.4, 0.5) is 13.2 Å². The molecular weight excluding hydrogens is 173 g/mol. The minimum Gasteiger partial charge on any atom is -0.432 e. The van der Waals surface area contributed by atoms with Gasteiger partial charge in [0, 0.05) is 6.42 Å². The van der Waals surface area contributed by atoms with E-state index in [9.17, 15) is 18.0 Å². The number of allylic oxidation sites excluding steroid dienone is 1. The van der Waals surface area contributed by atoms with Crippen LogP contribution in [0.15, 0.2) is 12.3 Å². The Morgan fingerprint density at radius 2 is 2.00 bits per heavy atom. The molecule has 0 radical (unpaired) electrons. The molecule has 1 rings (SSSR count). The first-order chi connectivity index (χ1) is 5.39. The molecule has 0 aromatic rings. The van der Waals surface area contributed by atoms with Crippen LogP contribution in [0.5, 0.6) is 0 Å². The standard InChI is InChI=1S/C7H7F3O2/c1-4-2-5(7(8,9)10)3-6(11)12-4/h5H,1-3H2. The number of esters is 1. The number of ether oxygens (including phenoxy) is 1. The predicted octanol–water partition coefficient (Wildman–Crippen LogP) is 2.02. The zero-order valence-corrected chi connectivity index (χ0v) is 6.15. The quantitative estimate of drug-likeness (QED) is 0.533. The summed E-state index contributed by atoms with van der Waals surface area (Å²) in [4.78, 5) is 10.5. The Bertz CT molecular complexity index is 203. The number of cyclic esters (lactones) is 1. The average Bonchev–Trinajstić information content (AvgIpc) is 1.82. The molecule has 1 aliphatic heterocycles. The summed E-state index contributed by atoms with van der Waals surface area (Å²) < 4.78 is 40.5. The number of alkyl halides is 3. The van der Waals surface area contributed by atoms with E-state index in [1.54, 1.807) is 0 Å². The monoisotopic (exact) mass is 180 g/mol. The lowest BCUT2D eigenvalue weighted by atomic mass is 9.98. The molecular formula is C7H7F3O2. The fourth-order valence-corrected chi connectivity index (χ4v) is 1.02. The van der Waals surface area contributed by atoms with Crippen molar-refractivity contribution in [2.24, 2.45) is 5.92 Å². The molecule has 0 aliphatic carbocycles. The van der Waals surface area contributed by atoms with Gasteiger partial charge in [0.1, 0.15) is 5.76 Å². The number of rotatable bonds is 0. The average molecular weight is 180 g/mol. The summed E-state index contributed by atoms with van der Waals surface area (Å²) in [7, 11) is 0. The summed E-state index contributed by atoms with van der Waals surface area (Å²) in [5.41, 5.74) is 0. The minimum atomic E-state index is -4.33. The molecule has 1 aliphatic rings. The van der Waals surface area contributed by atoms with Crippen LogP contribution in [-0.4, -0.2) is 12.1 Å². The Labute approximate surface area is 67.0 Å². The highest BCUT2D eigenvalue weighted by molar-refractivity contribution is 5.72. The van der Waals surface area contributed by atoms with Crippen LogP contribution in [0, 0.1) is 5.92 Å². The van der Waals surface area contributed by atoms with Crippen LogP contribution >= 0.6 is 0 Å². The van der Waals surface area contributed by atoms with Crippen LogP contribution in [0.2, 0.25) is 0 Å². The van der Waals surface area contributed by atoms with Gasteiger partial charge in [0.15, 0.2) is 0 Å². The van der Waals surface area contributed by atoms with Gasteiger partial charge in [-0.25, -0.2) is 0 Å². The lowest BCUT2D eigenvalue weighted by Gasteiger charge is -2.24. The largest absolute Gasteiger partial charge is 0.432 e. The second-order valence-electron chi connectivity index (χ2n) is 2.66. The Morgan fingerprint density at radius 1 is 1.42 bits per heavy atom. The summed E-state index contributed by atoms with van der Waals surface area (Å²) in [6.45, 7) is 3.19. The summed E-state index contributed by atoms with van der Waals surface area (Å²) >= 11 is 0. The van der Waals surface area contributed by atoms with Crippen LogP contribution in [0.1, 0.15) is 12.8 Å². The lowest BCUT2D eigenvalue weighted by Crippen LogP contribution is -2.30. The van der Waals surface area contributed by atoms with Crippen LogP contribution < -0.4 is 0 Å². The smallest absolute Gasteiger partial charge is 0.392 e. The molecule has 1 atom stereocenters. The zero-order chi connectivity index (χ0) is 9.35. The van der Waals surface area contributed by atoms with Gasteiger partial charge in [-0.05, 0) is 0 Å². The fraction of sp³-hybridized carbons (Fsp3) is 0.571. The number of hydrogen-bond donors (Lipinski definition) is 0. The molecule has 1 unspecified atom stereocenters. The third-order valence-electron chi connectivity index (χ3n) is 1.61. The third kappa shape index (κ3) is 1.99. The molecule has 1 saturated heterocycles. The maximum Gasteiger partial charge on any atom is 0.392 e. The van der Waals surface area contributed by atoms with Gasteiger partial charge >= 0.3 is 12.1 Å². The molecule has 1 fully saturated rings. The number of hydrogen-bond acceptors (Lipinski definition) is 2. The van der Waals surface area contributed by atoms with Crippen molar-refractivity contribution in [3.63, 3.8) is 0 Å². The summed E-state index contributed by atoms with van der Waals surface area (Å²) in [6.07, 6.45) is -5.24. The predicted molar refractivity (Wildman–Crippen MR) is 34.0 cm³/mol. The third-order valence-corrected chi connectivity index (χ3v) is 1.61. The van der Waals surface area contributed by atoms with E-state index in [1.165, 1.54) is 0 Å².